The van der Waals surface area contributed by atoms with Crippen LogP contribution in [-0.4, -0.2) is 25.8 Å². The molecule has 0 radical (unpaired) electrons. The lowest BCUT2D eigenvalue weighted by molar-refractivity contribution is 0.127. The molecule has 0 saturated carbocycles. The van der Waals surface area contributed by atoms with E-state index in [1.54, 1.807) is 0 Å². The zero-order chi connectivity index (χ0) is 14.9. The second-order valence-electron chi connectivity index (χ2n) is 5.34. The molecule has 2 aromatic rings. The van der Waals surface area contributed by atoms with Crippen molar-refractivity contribution in [3.8, 4) is 0 Å². The molecule has 0 bridgehead atoms. The van der Waals surface area contributed by atoms with Crippen LogP contribution < -0.4 is 5.32 Å². The summed E-state index contributed by atoms with van der Waals surface area (Å²) in [6.07, 6.45) is 0. The maximum atomic E-state index is 5.48. The topological polar surface area (TPSA) is 21.3 Å². The minimum Gasteiger partial charge on any atom is -0.380 e. The molecule has 0 aliphatic heterocycles. The molecule has 0 aromatic heterocycles. The van der Waals surface area contributed by atoms with E-state index in [4.69, 9.17) is 4.74 Å². The first-order valence-corrected chi connectivity index (χ1v) is 7.72. The smallest absolute Gasteiger partial charge is 0.0616 e. The predicted octanol–water partition coefficient (Wildman–Crippen LogP) is 3.83. The third kappa shape index (κ3) is 5.00. The van der Waals surface area contributed by atoms with Crippen molar-refractivity contribution < 1.29 is 4.74 Å². The van der Waals surface area contributed by atoms with Gasteiger partial charge in [-0.1, -0.05) is 60.7 Å². The number of hydrogen-bond acceptors (Lipinski definition) is 2. The summed E-state index contributed by atoms with van der Waals surface area (Å²) in [6, 6.07) is 21.7. The van der Waals surface area contributed by atoms with Crippen molar-refractivity contribution in [2.45, 2.75) is 25.8 Å². The fraction of sp³-hybridized carbons (Fsp3) is 0.368. The van der Waals surface area contributed by atoms with Gasteiger partial charge in [-0.3, -0.25) is 0 Å². The van der Waals surface area contributed by atoms with Crippen LogP contribution in [0.3, 0.4) is 0 Å². The Hall–Kier alpha value is -1.64. The molecule has 2 aromatic carbocycles. The minimum atomic E-state index is 0.361. The van der Waals surface area contributed by atoms with Gasteiger partial charge >= 0.3 is 0 Å². The summed E-state index contributed by atoms with van der Waals surface area (Å²) < 4.78 is 5.48. The maximum absolute atomic E-state index is 5.48. The lowest BCUT2D eigenvalue weighted by Crippen LogP contribution is -2.34. The van der Waals surface area contributed by atoms with E-state index >= 15 is 0 Å². The van der Waals surface area contributed by atoms with Gasteiger partial charge in [0.2, 0.25) is 0 Å². The van der Waals surface area contributed by atoms with Gasteiger partial charge in [-0.25, -0.2) is 0 Å². The summed E-state index contributed by atoms with van der Waals surface area (Å²) in [5.41, 5.74) is 2.69. The van der Waals surface area contributed by atoms with Gasteiger partial charge in [0.25, 0.3) is 0 Å². The molecular formula is C19H25NO. The van der Waals surface area contributed by atoms with Gasteiger partial charge in [-0.05, 0) is 25.0 Å². The summed E-state index contributed by atoms with van der Waals surface area (Å²) >= 11 is 0. The Bertz CT molecular complexity index is 458. The zero-order valence-corrected chi connectivity index (χ0v) is 13.0. The molecular weight excluding hydrogens is 258 g/mol. The second-order valence-corrected chi connectivity index (χ2v) is 5.34. The SMILES string of the molecule is CCOCC(C)NCC(c1ccccc1)c1ccccc1. The van der Waals surface area contributed by atoms with Crippen LogP contribution in [0.25, 0.3) is 0 Å². The highest BCUT2D eigenvalue weighted by Gasteiger charge is 2.14. The monoisotopic (exact) mass is 283 g/mol. The average molecular weight is 283 g/mol. The summed E-state index contributed by atoms with van der Waals surface area (Å²) in [6.45, 7) is 6.65. The molecule has 0 saturated heterocycles. The third-order valence-corrected chi connectivity index (χ3v) is 3.65. The zero-order valence-electron chi connectivity index (χ0n) is 13.0. The van der Waals surface area contributed by atoms with Crippen LogP contribution in [0.1, 0.15) is 30.9 Å². The molecule has 1 unspecified atom stereocenters. The molecule has 2 heteroatoms. The van der Waals surface area contributed by atoms with E-state index in [9.17, 15) is 0 Å². The average Bonchev–Trinajstić information content (AvgIpc) is 2.55. The lowest BCUT2D eigenvalue weighted by Gasteiger charge is -2.21. The number of benzene rings is 2. The number of hydrogen-bond donors (Lipinski definition) is 1. The first kappa shape index (κ1) is 15.7. The fourth-order valence-corrected chi connectivity index (χ4v) is 2.47. The Morgan fingerprint density at radius 3 is 1.90 bits per heavy atom. The van der Waals surface area contributed by atoms with E-state index in [1.165, 1.54) is 11.1 Å². The Balaban J connectivity index is 2.07. The first-order valence-electron chi connectivity index (χ1n) is 7.72. The van der Waals surface area contributed by atoms with Gasteiger partial charge in [0, 0.05) is 25.1 Å². The van der Waals surface area contributed by atoms with Gasteiger partial charge in [0.1, 0.15) is 0 Å². The Kier molecular flexibility index (Phi) is 6.45. The van der Waals surface area contributed by atoms with E-state index in [2.05, 4.69) is 72.9 Å². The van der Waals surface area contributed by atoms with Crippen molar-refractivity contribution in [3.05, 3.63) is 71.8 Å². The Morgan fingerprint density at radius 1 is 0.905 bits per heavy atom. The first-order chi connectivity index (χ1) is 10.3. The molecule has 0 heterocycles. The van der Waals surface area contributed by atoms with Crippen LogP contribution >= 0.6 is 0 Å². The number of rotatable bonds is 8. The highest BCUT2D eigenvalue weighted by Crippen LogP contribution is 2.23. The quantitative estimate of drug-likeness (QED) is 0.795. The van der Waals surface area contributed by atoms with Crippen molar-refractivity contribution in [1.29, 1.82) is 0 Å². The van der Waals surface area contributed by atoms with E-state index in [1.807, 2.05) is 6.92 Å². The Morgan fingerprint density at radius 2 is 1.43 bits per heavy atom. The van der Waals surface area contributed by atoms with E-state index < -0.39 is 0 Å². The van der Waals surface area contributed by atoms with Gasteiger partial charge in [-0.2, -0.15) is 0 Å². The van der Waals surface area contributed by atoms with Crippen LogP contribution in [0.5, 0.6) is 0 Å². The normalized spacial score (nSPS) is 12.5. The molecule has 0 spiro atoms. The molecule has 2 rings (SSSR count). The highest BCUT2D eigenvalue weighted by molar-refractivity contribution is 5.32. The molecule has 0 aliphatic carbocycles. The number of nitrogens with one attached hydrogen (secondary N) is 1. The summed E-state index contributed by atoms with van der Waals surface area (Å²) in [7, 11) is 0. The van der Waals surface area contributed by atoms with Gasteiger partial charge < -0.3 is 10.1 Å². The van der Waals surface area contributed by atoms with Crippen molar-refractivity contribution in [3.63, 3.8) is 0 Å². The molecule has 1 atom stereocenters. The lowest BCUT2D eigenvalue weighted by atomic mass is 9.91. The standard InChI is InChI=1S/C19H25NO/c1-3-21-15-16(2)20-14-19(17-10-6-4-7-11-17)18-12-8-5-9-13-18/h4-13,16,19-20H,3,14-15H2,1-2H3. The van der Waals surface area contributed by atoms with Gasteiger partial charge in [0.15, 0.2) is 0 Å². The molecule has 112 valence electrons. The molecule has 0 aliphatic rings. The van der Waals surface area contributed by atoms with E-state index in [0.717, 1.165) is 19.8 Å². The van der Waals surface area contributed by atoms with Gasteiger partial charge in [-0.15, -0.1) is 0 Å². The van der Waals surface area contributed by atoms with Crippen LogP contribution in [0.4, 0.5) is 0 Å². The van der Waals surface area contributed by atoms with Crippen molar-refractivity contribution in [2.24, 2.45) is 0 Å². The third-order valence-electron chi connectivity index (χ3n) is 3.65. The van der Waals surface area contributed by atoms with E-state index in [0.29, 0.717) is 12.0 Å². The van der Waals surface area contributed by atoms with Crippen LogP contribution in [-0.2, 0) is 4.74 Å². The molecule has 21 heavy (non-hydrogen) atoms. The van der Waals surface area contributed by atoms with Gasteiger partial charge in [0.05, 0.1) is 6.61 Å². The minimum absolute atomic E-state index is 0.361. The largest absolute Gasteiger partial charge is 0.380 e. The molecule has 2 nitrogen and oxygen atoms in total. The highest BCUT2D eigenvalue weighted by atomic mass is 16.5. The van der Waals surface area contributed by atoms with E-state index in [-0.39, 0.29) is 0 Å². The molecule has 0 fully saturated rings. The predicted molar refractivity (Wildman–Crippen MR) is 88.7 cm³/mol. The van der Waals surface area contributed by atoms with Crippen molar-refractivity contribution in [2.75, 3.05) is 19.8 Å². The summed E-state index contributed by atoms with van der Waals surface area (Å²) in [5, 5.41) is 3.59. The Labute approximate surface area is 128 Å². The molecule has 0 amide bonds. The van der Waals surface area contributed by atoms with Crippen LogP contribution in [0.15, 0.2) is 60.7 Å². The summed E-state index contributed by atoms with van der Waals surface area (Å²) in [5.74, 6) is 0.372. The fourth-order valence-electron chi connectivity index (χ4n) is 2.47. The second kappa shape index (κ2) is 8.60. The maximum Gasteiger partial charge on any atom is 0.0616 e. The van der Waals surface area contributed by atoms with Crippen LogP contribution in [0.2, 0.25) is 0 Å². The van der Waals surface area contributed by atoms with Crippen molar-refractivity contribution >= 4 is 0 Å². The number of ether oxygens (including phenoxy) is 1. The summed E-state index contributed by atoms with van der Waals surface area (Å²) in [4.78, 5) is 0. The van der Waals surface area contributed by atoms with Crippen LogP contribution in [0, 0.1) is 0 Å². The molecule has 1 N–H and O–H groups in total. The van der Waals surface area contributed by atoms with Crippen molar-refractivity contribution in [1.82, 2.24) is 5.32 Å².